The first-order valence-electron chi connectivity index (χ1n) is 7.62. The first-order valence-corrected chi connectivity index (χ1v) is 8.00. The van der Waals surface area contributed by atoms with Crippen molar-refractivity contribution < 1.29 is 9.53 Å². The Bertz CT molecular complexity index is 500. The van der Waals surface area contributed by atoms with Gasteiger partial charge in [-0.05, 0) is 37.0 Å². The monoisotopic (exact) mass is 308 g/mol. The number of carbonyl (C=O) groups excluding carboxylic acids is 1. The molecule has 2 saturated heterocycles. The zero-order chi connectivity index (χ0) is 14.8. The maximum Gasteiger partial charge on any atom is 0.241 e. The van der Waals surface area contributed by atoms with Crippen molar-refractivity contribution in [1.82, 2.24) is 10.2 Å². The molecule has 5 heteroatoms. The summed E-state index contributed by atoms with van der Waals surface area (Å²) in [5, 5.41) is 4.16. The number of hydrogen-bond acceptors (Lipinski definition) is 3. The standard InChI is InChI=1S/C16H21ClN2O2/c1-2-14-16(20)19(13-4-3-9-21-10-13)15(18-14)11-5-7-12(17)8-6-11/h5-8,13-15,18H,2-4,9-10H2,1H3. The van der Waals surface area contributed by atoms with E-state index in [1.54, 1.807) is 0 Å². The van der Waals surface area contributed by atoms with Gasteiger partial charge in [0.15, 0.2) is 0 Å². The first-order chi connectivity index (χ1) is 10.2. The number of rotatable bonds is 3. The summed E-state index contributed by atoms with van der Waals surface area (Å²) in [7, 11) is 0. The van der Waals surface area contributed by atoms with Crippen molar-refractivity contribution in [2.45, 2.75) is 44.4 Å². The highest BCUT2D eigenvalue weighted by Gasteiger charge is 2.42. The predicted molar refractivity (Wildman–Crippen MR) is 82.1 cm³/mol. The van der Waals surface area contributed by atoms with Crippen LogP contribution in [0.5, 0.6) is 0 Å². The SMILES string of the molecule is CCC1NC(c2ccc(Cl)cc2)N(C2CCCOC2)C1=O. The van der Waals surface area contributed by atoms with Gasteiger partial charge in [-0.2, -0.15) is 0 Å². The van der Waals surface area contributed by atoms with Gasteiger partial charge in [0.1, 0.15) is 6.17 Å². The van der Waals surface area contributed by atoms with E-state index in [1.165, 1.54) is 0 Å². The zero-order valence-corrected chi connectivity index (χ0v) is 13.0. The smallest absolute Gasteiger partial charge is 0.241 e. The summed E-state index contributed by atoms with van der Waals surface area (Å²) in [6.45, 7) is 3.47. The molecule has 1 amide bonds. The number of hydrogen-bond donors (Lipinski definition) is 1. The Morgan fingerprint density at radius 2 is 2.14 bits per heavy atom. The third-order valence-corrected chi connectivity index (χ3v) is 4.57. The molecule has 0 spiro atoms. The number of nitrogens with one attached hydrogen (secondary N) is 1. The molecule has 3 unspecified atom stereocenters. The van der Waals surface area contributed by atoms with Gasteiger partial charge < -0.3 is 9.64 Å². The topological polar surface area (TPSA) is 41.6 Å². The van der Waals surface area contributed by atoms with Crippen LogP contribution in [-0.4, -0.2) is 36.1 Å². The van der Waals surface area contributed by atoms with Gasteiger partial charge in [0.25, 0.3) is 0 Å². The summed E-state index contributed by atoms with van der Waals surface area (Å²) in [5.74, 6) is 0.188. The summed E-state index contributed by atoms with van der Waals surface area (Å²) in [5.41, 5.74) is 1.08. The van der Waals surface area contributed by atoms with Gasteiger partial charge in [0, 0.05) is 11.6 Å². The maximum atomic E-state index is 12.7. The molecule has 2 fully saturated rings. The Morgan fingerprint density at radius 3 is 2.76 bits per heavy atom. The van der Waals surface area contributed by atoms with Crippen LogP contribution < -0.4 is 5.32 Å². The Balaban J connectivity index is 1.88. The van der Waals surface area contributed by atoms with E-state index >= 15 is 0 Å². The first kappa shape index (κ1) is 14.8. The number of nitrogens with zero attached hydrogens (tertiary/aromatic N) is 1. The van der Waals surface area contributed by atoms with Crippen molar-refractivity contribution in [3.05, 3.63) is 34.9 Å². The molecule has 21 heavy (non-hydrogen) atoms. The lowest BCUT2D eigenvalue weighted by Gasteiger charge is -2.35. The molecule has 0 aromatic heterocycles. The zero-order valence-electron chi connectivity index (χ0n) is 12.2. The van der Waals surface area contributed by atoms with E-state index in [4.69, 9.17) is 16.3 Å². The van der Waals surface area contributed by atoms with E-state index in [0.29, 0.717) is 11.6 Å². The lowest BCUT2D eigenvalue weighted by Crippen LogP contribution is -2.44. The minimum atomic E-state index is -0.104. The molecule has 2 heterocycles. The molecule has 0 saturated carbocycles. The molecule has 2 aliphatic heterocycles. The highest BCUT2D eigenvalue weighted by Crippen LogP contribution is 2.31. The molecule has 1 N–H and O–H groups in total. The van der Waals surface area contributed by atoms with Crippen LogP contribution in [0, 0.1) is 0 Å². The van der Waals surface area contributed by atoms with Gasteiger partial charge in [-0.1, -0.05) is 30.7 Å². The molecular weight excluding hydrogens is 288 g/mol. The van der Waals surface area contributed by atoms with E-state index in [-0.39, 0.29) is 24.2 Å². The normalized spacial score (nSPS) is 29.9. The molecule has 0 radical (unpaired) electrons. The Morgan fingerprint density at radius 1 is 1.38 bits per heavy atom. The number of carbonyl (C=O) groups is 1. The van der Waals surface area contributed by atoms with Crippen molar-refractivity contribution in [3.63, 3.8) is 0 Å². The van der Waals surface area contributed by atoms with Crippen molar-refractivity contribution in [1.29, 1.82) is 0 Å². The second-order valence-electron chi connectivity index (χ2n) is 5.70. The maximum absolute atomic E-state index is 12.7. The molecule has 1 aromatic carbocycles. The van der Waals surface area contributed by atoms with Gasteiger partial charge in [0.2, 0.25) is 5.91 Å². The van der Waals surface area contributed by atoms with Gasteiger partial charge in [-0.15, -0.1) is 0 Å². The number of ether oxygens (including phenoxy) is 1. The second kappa shape index (κ2) is 6.34. The number of amides is 1. The van der Waals surface area contributed by atoms with Crippen LogP contribution in [-0.2, 0) is 9.53 Å². The fourth-order valence-electron chi connectivity index (χ4n) is 3.18. The minimum Gasteiger partial charge on any atom is -0.379 e. The van der Waals surface area contributed by atoms with Crippen LogP contribution in [0.15, 0.2) is 24.3 Å². The van der Waals surface area contributed by atoms with Crippen LogP contribution in [0.25, 0.3) is 0 Å². The molecule has 2 aliphatic rings. The van der Waals surface area contributed by atoms with Crippen LogP contribution in [0.4, 0.5) is 0 Å². The molecule has 0 bridgehead atoms. The van der Waals surface area contributed by atoms with Crippen molar-refractivity contribution in [2.75, 3.05) is 13.2 Å². The van der Waals surface area contributed by atoms with E-state index in [2.05, 4.69) is 5.32 Å². The van der Waals surface area contributed by atoms with Crippen LogP contribution in [0.3, 0.4) is 0 Å². The average Bonchev–Trinajstić information content (AvgIpc) is 2.85. The third-order valence-electron chi connectivity index (χ3n) is 4.31. The third kappa shape index (κ3) is 2.93. The van der Waals surface area contributed by atoms with Gasteiger partial charge in [-0.3, -0.25) is 10.1 Å². The van der Waals surface area contributed by atoms with Crippen molar-refractivity contribution in [3.8, 4) is 0 Å². The summed E-state index contributed by atoms with van der Waals surface area (Å²) in [6, 6.07) is 7.78. The van der Waals surface area contributed by atoms with Gasteiger partial charge in [-0.25, -0.2) is 0 Å². The molecule has 4 nitrogen and oxygen atoms in total. The molecular formula is C16H21ClN2O2. The van der Waals surface area contributed by atoms with E-state index < -0.39 is 0 Å². The Kier molecular flexibility index (Phi) is 4.48. The summed E-state index contributed by atoms with van der Waals surface area (Å²) in [6.07, 6.45) is 2.74. The Hall–Kier alpha value is -1.10. The highest BCUT2D eigenvalue weighted by atomic mass is 35.5. The lowest BCUT2D eigenvalue weighted by atomic mass is 10.1. The average molecular weight is 309 g/mol. The highest BCUT2D eigenvalue weighted by molar-refractivity contribution is 6.30. The van der Waals surface area contributed by atoms with Crippen molar-refractivity contribution in [2.24, 2.45) is 0 Å². The molecule has 3 atom stereocenters. The molecule has 0 aliphatic carbocycles. The van der Waals surface area contributed by atoms with Crippen LogP contribution in [0.1, 0.15) is 37.9 Å². The number of benzene rings is 1. The molecule has 114 valence electrons. The predicted octanol–water partition coefficient (Wildman–Crippen LogP) is 2.73. The second-order valence-corrected chi connectivity index (χ2v) is 6.13. The minimum absolute atomic E-state index is 0.0774. The van der Waals surface area contributed by atoms with Gasteiger partial charge in [0.05, 0.1) is 18.7 Å². The summed E-state index contributed by atoms with van der Waals surface area (Å²) >= 11 is 5.97. The van der Waals surface area contributed by atoms with Crippen molar-refractivity contribution >= 4 is 17.5 Å². The van der Waals surface area contributed by atoms with Gasteiger partial charge >= 0.3 is 0 Å². The van der Waals surface area contributed by atoms with E-state index in [9.17, 15) is 4.79 Å². The van der Waals surface area contributed by atoms with Crippen LogP contribution >= 0.6 is 11.6 Å². The fourth-order valence-corrected chi connectivity index (χ4v) is 3.30. The quantitative estimate of drug-likeness (QED) is 0.933. The molecule has 3 rings (SSSR count). The van der Waals surface area contributed by atoms with Crippen LogP contribution in [0.2, 0.25) is 5.02 Å². The lowest BCUT2D eigenvalue weighted by molar-refractivity contribution is -0.135. The van der Waals surface area contributed by atoms with E-state index in [0.717, 1.165) is 31.4 Å². The summed E-state index contributed by atoms with van der Waals surface area (Å²) in [4.78, 5) is 14.7. The largest absolute Gasteiger partial charge is 0.379 e. The fraction of sp³-hybridized carbons (Fsp3) is 0.562. The van der Waals surface area contributed by atoms with E-state index in [1.807, 2.05) is 36.1 Å². The molecule has 1 aromatic rings. The summed E-state index contributed by atoms with van der Waals surface area (Å²) < 4.78 is 5.57. The Labute approximate surface area is 130 Å². The number of halogens is 1.